The van der Waals surface area contributed by atoms with Gasteiger partial charge in [0, 0.05) is 42.2 Å². The first-order chi connectivity index (χ1) is 9.38. The van der Waals surface area contributed by atoms with Crippen LogP contribution < -0.4 is 5.32 Å². The fraction of sp³-hybridized carbons (Fsp3) is 0.267. The number of rotatable bonds is 5. The Balaban J connectivity index is 1.79. The minimum atomic E-state index is 0.805. The minimum absolute atomic E-state index is 0.805. The molecule has 0 aliphatic carbocycles. The lowest BCUT2D eigenvalue weighted by molar-refractivity contribution is 0.544. The van der Waals surface area contributed by atoms with Crippen molar-refractivity contribution in [3.05, 3.63) is 53.5 Å². The van der Waals surface area contributed by atoms with Crippen molar-refractivity contribution in [3.63, 3.8) is 0 Å². The van der Waals surface area contributed by atoms with Crippen molar-refractivity contribution < 1.29 is 4.42 Å². The molecule has 0 fully saturated rings. The molecule has 4 heteroatoms. The molecule has 1 aromatic carbocycles. The number of para-hydroxylation sites is 1. The van der Waals surface area contributed by atoms with Crippen LogP contribution in [0.2, 0.25) is 0 Å². The van der Waals surface area contributed by atoms with Gasteiger partial charge in [0.25, 0.3) is 0 Å². The summed E-state index contributed by atoms with van der Waals surface area (Å²) >= 11 is 0. The van der Waals surface area contributed by atoms with E-state index in [9.17, 15) is 0 Å². The average Bonchev–Trinajstić information content (AvgIpc) is 3.06. The second-order valence-corrected chi connectivity index (χ2v) is 4.56. The molecule has 2 heterocycles. The topological polar surface area (TPSA) is 53.9 Å². The van der Waals surface area contributed by atoms with Crippen molar-refractivity contribution in [1.29, 1.82) is 0 Å². The third-order valence-electron chi connectivity index (χ3n) is 3.29. The highest BCUT2D eigenvalue weighted by Crippen LogP contribution is 2.26. The lowest BCUT2D eigenvalue weighted by Crippen LogP contribution is -2.12. The molecule has 2 N–H and O–H groups in total. The molecule has 0 radical (unpaired) electrons. The van der Waals surface area contributed by atoms with Gasteiger partial charge in [-0.15, -0.1) is 0 Å². The molecular weight excluding hydrogens is 238 g/mol. The van der Waals surface area contributed by atoms with Crippen LogP contribution in [-0.4, -0.2) is 10.2 Å². The molecule has 2 aromatic heterocycles. The zero-order valence-electron chi connectivity index (χ0n) is 10.9. The Labute approximate surface area is 111 Å². The molecule has 3 rings (SSSR count). The predicted octanol–water partition coefficient (Wildman–Crippen LogP) is 3.01. The van der Waals surface area contributed by atoms with Crippen LogP contribution in [0.15, 0.2) is 41.1 Å². The molecule has 0 spiro atoms. The summed E-state index contributed by atoms with van der Waals surface area (Å²) in [7, 11) is 0. The first-order valence-electron chi connectivity index (χ1n) is 6.56. The van der Waals surface area contributed by atoms with Gasteiger partial charge >= 0.3 is 0 Å². The zero-order chi connectivity index (χ0) is 13.1. The van der Waals surface area contributed by atoms with Crippen LogP contribution in [0, 0.1) is 0 Å². The van der Waals surface area contributed by atoms with E-state index in [-0.39, 0.29) is 0 Å². The smallest absolute Gasteiger partial charge is 0.134 e. The van der Waals surface area contributed by atoms with E-state index in [0.29, 0.717) is 0 Å². The molecule has 0 saturated carbocycles. The van der Waals surface area contributed by atoms with E-state index in [1.54, 1.807) is 0 Å². The summed E-state index contributed by atoms with van der Waals surface area (Å²) in [6.45, 7) is 3.74. The van der Waals surface area contributed by atoms with E-state index in [2.05, 4.69) is 34.6 Å². The Morgan fingerprint density at radius 2 is 2.16 bits per heavy atom. The lowest BCUT2D eigenvalue weighted by atomic mass is 10.1. The summed E-state index contributed by atoms with van der Waals surface area (Å²) in [5.74, 6) is 1.07. The third-order valence-corrected chi connectivity index (χ3v) is 3.29. The molecule has 4 nitrogen and oxygen atoms in total. The number of aryl methyl sites for hydroxylation is 1. The van der Waals surface area contributed by atoms with Crippen molar-refractivity contribution in [2.75, 3.05) is 0 Å². The van der Waals surface area contributed by atoms with Gasteiger partial charge in [-0.2, -0.15) is 5.10 Å². The van der Waals surface area contributed by atoms with Crippen molar-refractivity contribution in [3.8, 4) is 0 Å². The van der Waals surface area contributed by atoms with Gasteiger partial charge in [0.1, 0.15) is 11.3 Å². The van der Waals surface area contributed by atoms with E-state index >= 15 is 0 Å². The predicted molar refractivity (Wildman–Crippen MR) is 74.7 cm³/mol. The van der Waals surface area contributed by atoms with Gasteiger partial charge < -0.3 is 9.73 Å². The maximum atomic E-state index is 5.88. The van der Waals surface area contributed by atoms with Gasteiger partial charge in [-0.1, -0.05) is 25.1 Å². The van der Waals surface area contributed by atoms with E-state index in [1.165, 1.54) is 10.9 Å². The molecule has 3 aromatic rings. The summed E-state index contributed by atoms with van der Waals surface area (Å²) < 4.78 is 5.88. The fourth-order valence-corrected chi connectivity index (χ4v) is 2.33. The third kappa shape index (κ3) is 2.39. The van der Waals surface area contributed by atoms with Gasteiger partial charge in [0.2, 0.25) is 0 Å². The normalized spacial score (nSPS) is 11.2. The molecule has 0 saturated heterocycles. The van der Waals surface area contributed by atoms with Crippen molar-refractivity contribution in [2.45, 2.75) is 26.4 Å². The van der Waals surface area contributed by atoms with Crippen molar-refractivity contribution in [1.82, 2.24) is 15.5 Å². The van der Waals surface area contributed by atoms with Crippen LogP contribution in [0.1, 0.15) is 23.8 Å². The molecule has 0 aliphatic rings. The second kappa shape index (κ2) is 5.28. The Morgan fingerprint density at radius 1 is 1.26 bits per heavy atom. The van der Waals surface area contributed by atoms with E-state index in [4.69, 9.17) is 4.42 Å². The molecule has 0 aliphatic heterocycles. The fourth-order valence-electron chi connectivity index (χ4n) is 2.33. The van der Waals surface area contributed by atoms with Crippen molar-refractivity contribution >= 4 is 11.0 Å². The number of fused-ring (bicyclic) bond motifs is 1. The first kappa shape index (κ1) is 12.0. The zero-order valence-corrected chi connectivity index (χ0v) is 10.9. The number of hydrogen-bond donors (Lipinski definition) is 2. The maximum Gasteiger partial charge on any atom is 0.134 e. The van der Waals surface area contributed by atoms with Crippen molar-refractivity contribution in [2.24, 2.45) is 0 Å². The van der Waals surface area contributed by atoms with E-state index in [1.807, 2.05) is 24.5 Å². The lowest BCUT2D eigenvalue weighted by Gasteiger charge is -2.03. The summed E-state index contributed by atoms with van der Waals surface area (Å²) in [6, 6.07) is 8.20. The van der Waals surface area contributed by atoms with Crippen LogP contribution in [-0.2, 0) is 19.5 Å². The van der Waals surface area contributed by atoms with Crippen LogP contribution in [0.4, 0.5) is 0 Å². The number of nitrogens with zero attached hydrogens (tertiary/aromatic N) is 1. The SMILES string of the molecule is CCc1oc2ccccc2c1CNCc1cn[nH]c1. The van der Waals surface area contributed by atoms with E-state index in [0.717, 1.165) is 36.4 Å². The maximum absolute atomic E-state index is 5.88. The summed E-state index contributed by atoms with van der Waals surface area (Å²) in [6.07, 6.45) is 4.65. The van der Waals surface area contributed by atoms with Crippen LogP contribution in [0.25, 0.3) is 11.0 Å². The quantitative estimate of drug-likeness (QED) is 0.737. The Hall–Kier alpha value is -2.07. The molecule has 0 unspecified atom stereocenters. The largest absolute Gasteiger partial charge is 0.461 e. The summed E-state index contributed by atoms with van der Waals surface area (Å²) in [5.41, 5.74) is 3.40. The number of hydrogen-bond acceptors (Lipinski definition) is 3. The van der Waals surface area contributed by atoms with Gasteiger partial charge in [-0.05, 0) is 6.07 Å². The van der Waals surface area contributed by atoms with E-state index < -0.39 is 0 Å². The summed E-state index contributed by atoms with van der Waals surface area (Å²) in [4.78, 5) is 0. The molecule has 0 bridgehead atoms. The Bertz CT molecular complexity index is 655. The standard InChI is InChI=1S/C15H17N3O/c1-2-14-13(10-16-7-11-8-17-18-9-11)12-5-3-4-6-15(12)19-14/h3-6,8-9,16H,2,7,10H2,1H3,(H,17,18). The molecule has 98 valence electrons. The average molecular weight is 255 g/mol. The number of benzene rings is 1. The minimum Gasteiger partial charge on any atom is -0.461 e. The molecule has 0 atom stereocenters. The Morgan fingerprint density at radius 3 is 2.95 bits per heavy atom. The van der Waals surface area contributed by atoms with Crippen LogP contribution >= 0.6 is 0 Å². The molecule has 0 amide bonds. The van der Waals surface area contributed by atoms with Gasteiger partial charge in [-0.25, -0.2) is 0 Å². The number of furan rings is 1. The van der Waals surface area contributed by atoms with Gasteiger partial charge in [0.15, 0.2) is 0 Å². The second-order valence-electron chi connectivity index (χ2n) is 4.56. The number of aromatic amines is 1. The number of nitrogens with one attached hydrogen (secondary N) is 2. The highest BCUT2D eigenvalue weighted by Gasteiger charge is 2.11. The highest BCUT2D eigenvalue weighted by molar-refractivity contribution is 5.82. The highest BCUT2D eigenvalue weighted by atomic mass is 16.3. The first-order valence-corrected chi connectivity index (χ1v) is 6.56. The van der Waals surface area contributed by atoms with Crippen LogP contribution in [0.5, 0.6) is 0 Å². The summed E-state index contributed by atoms with van der Waals surface area (Å²) in [5, 5.41) is 11.4. The van der Waals surface area contributed by atoms with Gasteiger partial charge in [0.05, 0.1) is 6.20 Å². The molecule has 19 heavy (non-hydrogen) atoms. The number of aromatic nitrogens is 2. The molecular formula is C15H17N3O. The Kier molecular flexibility index (Phi) is 3.33. The van der Waals surface area contributed by atoms with Gasteiger partial charge in [-0.3, -0.25) is 5.10 Å². The van der Waals surface area contributed by atoms with Crippen LogP contribution in [0.3, 0.4) is 0 Å². The monoisotopic (exact) mass is 255 g/mol. The number of H-pyrrole nitrogens is 1.